The zero-order valence-electron chi connectivity index (χ0n) is 18.0. The van der Waals surface area contributed by atoms with E-state index in [1.165, 1.54) is 12.1 Å². The zero-order chi connectivity index (χ0) is 22.9. The highest BCUT2D eigenvalue weighted by Crippen LogP contribution is 2.20. The van der Waals surface area contributed by atoms with Crippen LogP contribution in [0.3, 0.4) is 0 Å². The number of nitrogens with zero attached hydrogens (tertiary/aromatic N) is 1. The van der Waals surface area contributed by atoms with Gasteiger partial charge < -0.3 is 19.7 Å². The molecule has 1 N–H and O–H groups in total. The van der Waals surface area contributed by atoms with Crippen LogP contribution in [0.1, 0.15) is 35.7 Å². The van der Waals surface area contributed by atoms with Gasteiger partial charge in [-0.15, -0.1) is 0 Å². The topological polar surface area (TPSA) is 84.9 Å². The molecule has 2 aromatic carbocycles. The molecule has 32 heavy (non-hydrogen) atoms. The number of likely N-dealkylation sites (tertiary alicyclic amines) is 1. The number of nitrogens with one attached hydrogen (secondary N) is 1. The van der Waals surface area contributed by atoms with Gasteiger partial charge in [-0.1, -0.05) is 12.1 Å². The fourth-order valence-corrected chi connectivity index (χ4v) is 3.54. The van der Waals surface area contributed by atoms with Gasteiger partial charge in [0.2, 0.25) is 5.91 Å². The second-order valence-corrected chi connectivity index (χ2v) is 7.65. The number of carbonyl (C=O) groups excluding carboxylic acids is 3. The van der Waals surface area contributed by atoms with Crippen molar-refractivity contribution in [2.45, 2.75) is 26.2 Å². The molecule has 3 rings (SSSR count). The van der Waals surface area contributed by atoms with E-state index in [9.17, 15) is 18.8 Å². The third kappa shape index (κ3) is 6.80. The van der Waals surface area contributed by atoms with E-state index >= 15 is 0 Å². The van der Waals surface area contributed by atoms with Crippen molar-refractivity contribution < 1.29 is 28.2 Å². The predicted octanol–water partition coefficient (Wildman–Crippen LogP) is 3.57. The molecule has 1 saturated heterocycles. The lowest BCUT2D eigenvalue weighted by atomic mass is 9.96. The summed E-state index contributed by atoms with van der Waals surface area (Å²) < 4.78 is 22.7. The Hall–Kier alpha value is -3.42. The lowest BCUT2D eigenvalue weighted by Gasteiger charge is -2.32. The van der Waals surface area contributed by atoms with E-state index in [1.807, 2.05) is 0 Å². The standard InChI is InChI=1S/C24H27FN2O5/c1-2-31-24(30)32-21-9-5-19(6-10-21)23(29)27-13-11-18(12-14-27)16-26-22(28)15-17-3-7-20(25)8-4-17/h3-10,18H,2,11-16H2,1H3,(H,26,28). The second kappa shape index (κ2) is 11.3. The molecule has 8 heteroatoms. The Labute approximate surface area is 186 Å². The van der Waals surface area contributed by atoms with Crippen LogP contribution in [0.2, 0.25) is 0 Å². The summed E-state index contributed by atoms with van der Waals surface area (Å²) >= 11 is 0. The van der Waals surface area contributed by atoms with Crippen molar-refractivity contribution in [2.24, 2.45) is 5.92 Å². The van der Waals surface area contributed by atoms with Crippen LogP contribution in [0.4, 0.5) is 9.18 Å². The molecule has 170 valence electrons. The molecule has 7 nitrogen and oxygen atoms in total. The van der Waals surface area contributed by atoms with Crippen molar-refractivity contribution in [3.05, 3.63) is 65.5 Å². The molecule has 0 radical (unpaired) electrons. The van der Waals surface area contributed by atoms with E-state index in [-0.39, 0.29) is 30.7 Å². The van der Waals surface area contributed by atoms with E-state index < -0.39 is 6.16 Å². The van der Waals surface area contributed by atoms with Gasteiger partial charge in [-0.05, 0) is 67.6 Å². The number of ether oxygens (including phenoxy) is 2. The van der Waals surface area contributed by atoms with Gasteiger partial charge in [0.25, 0.3) is 5.91 Å². The van der Waals surface area contributed by atoms with Gasteiger partial charge in [-0.25, -0.2) is 9.18 Å². The van der Waals surface area contributed by atoms with Crippen molar-refractivity contribution >= 4 is 18.0 Å². The molecule has 1 aliphatic heterocycles. The van der Waals surface area contributed by atoms with Crippen LogP contribution in [-0.4, -0.2) is 49.1 Å². The van der Waals surface area contributed by atoms with Crippen LogP contribution >= 0.6 is 0 Å². The van der Waals surface area contributed by atoms with Crippen LogP contribution in [0.15, 0.2) is 48.5 Å². The van der Waals surface area contributed by atoms with E-state index in [0.717, 1.165) is 18.4 Å². The Bertz CT molecular complexity index is 922. The van der Waals surface area contributed by atoms with E-state index in [2.05, 4.69) is 5.32 Å². The molecule has 0 spiro atoms. The first-order valence-corrected chi connectivity index (χ1v) is 10.7. The van der Waals surface area contributed by atoms with Gasteiger partial charge in [0, 0.05) is 25.2 Å². The van der Waals surface area contributed by atoms with Gasteiger partial charge in [0.1, 0.15) is 11.6 Å². The molecular formula is C24H27FN2O5. The summed E-state index contributed by atoms with van der Waals surface area (Å²) in [4.78, 5) is 38.0. The number of halogens is 1. The normalized spacial score (nSPS) is 14.0. The third-order valence-corrected chi connectivity index (χ3v) is 5.33. The van der Waals surface area contributed by atoms with Gasteiger partial charge in [0.15, 0.2) is 0 Å². The van der Waals surface area contributed by atoms with E-state index in [4.69, 9.17) is 9.47 Å². The minimum atomic E-state index is -0.779. The highest BCUT2D eigenvalue weighted by atomic mass is 19.1. The highest BCUT2D eigenvalue weighted by molar-refractivity contribution is 5.94. The monoisotopic (exact) mass is 442 g/mol. The fraction of sp³-hybridized carbons (Fsp3) is 0.375. The summed E-state index contributed by atoms with van der Waals surface area (Å²) in [5.74, 6) is 0.120. The number of piperidine rings is 1. The molecule has 1 aliphatic rings. The van der Waals surface area contributed by atoms with Crippen LogP contribution in [-0.2, 0) is 16.0 Å². The molecule has 2 aromatic rings. The largest absolute Gasteiger partial charge is 0.513 e. The van der Waals surface area contributed by atoms with Crippen molar-refractivity contribution in [2.75, 3.05) is 26.2 Å². The average Bonchev–Trinajstić information content (AvgIpc) is 2.80. The van der Waals surface area contributed by atoms with Crippen molar-refractivity contribution in [3.63, 3.8) is 0 Å². The van der Waals surface area contributed by atoms with Gasteiger partial charge in [-0.2, -0.15) is 0 Å². The molecule has 0 atom stereocenters. The molecule has 0 aromatic heterocycles. The maximum atomic E-state index is 12.9. The lowest BCUT2D eigenvalue weighted by molar-refractivity contribution is -0.120. The molecular weight excluding hydrogens is 415 g/mol. The van der Waals surface area contributed by atoms with Crippen LogP contribution in [0.25, 0.3) is 0 Å². The van der Waals surface area contributed by atoms with Crippen LogP contribution in [0, 0.1) is 11.7 Å². The maximum absolute atomic E-state index is 12.9. The number of rotatable bonds is 7. The lowest BCUT2D eigenvalue weighted by Crippen LogP contribution is -2.41. The van der Waals surface area contributed by atoms with Gasteiger partial charge in [0.05, 0.1) is 13.0 Å². The average molecular weight is 442 g/mol. The number of benzene rings is 2. The molecule has 1 heterocycles. The number of amides is 2. The molecule has 0 saturated carbocycles. The summed E-state index contributed by atoms with van der Waals surface area (Å²) in [5, 5.41) is 2.93. The third-order valence-electron chi connectivity index (χ3n) is 5.33. The summed E-state index contributed by atoms with van der Waals surface area (Å²) in [6.07, 6.45) is 1.03. The number of carbonyl (C=O) groups is 3. The molecule has 0 unspecified atom stereocenters. The Kier molecular flexibility index (Phi) is 8.19. The molecule has 0 bridgehead atoms. The van der Waals surface area contributed by atoms with Gasteiger partial charge in [-0.3, -0.25) is 9.59 Å². The second-order valence-electron chi connectivity index (χ2n) is 7.65. The summed E-state index contributed by atoms with van der Waals surface area (Å²) in [6.45, 7) is 3.69. The van der Waals surface area contributed by atoms with E-state index in [1.54, 1.807) is 48.2 Å². The summed E-state index contributed by atoms with van der Waals surface area (Å²) in [7, 11) is 0. The van der Waals surface area contributed by atoms with E-state index in [0.29, 0.717) is 36.9 Å². The highest BCUT2D eigenvalue weighted by Gasteiger charge is 2.24. The SMILES string of the molecule is CCOC(=O)Oc1ccc(C(=O)N2CCC(CNC(=O)Cc3ccc(F)cc3)CC2)cc1. The van der Waals surface area contributed by atoms with Crippen LogP contribution in [0.5, 0.6) is 5.75 Å². The van der Waals surface area contributed by atoms with Crippen molar-refractivity contribution in [3.8, 4) is 5.75 Å². The Balaban J connectivity index is 1.40. The molecule has 0 aliphatic carbocycles. The first-order valence-electron chi connectivity index (χ1n) is 10.7. The van der Waals surface area contributed by atoms with Crippen molar-refractivity contribution in [1.29, 1.82) is 0 Å². The minimum Gasteiger partial charge on any atom is -0.434 e. The van der Waals surface area contributed by atoms with Gasteiger partial charge >= 0.3 is 6.16 Å². The molecule has 1 fully saturated rings. The first kappa shape index (κ1) is 23.2. The summed E-state index contributed by atoms with van der Waals surface area (Å²) in [5.41, 5.74) is 1.29. The Morgan fingerprint density at radius 2 is 1.69 bits per heavy atom. The summed E-state index contributed by atoms with van der Waals surface area (Å²) in [6, 6.07) is 12.3. The maximum Gasteiger partial charge on any atom is 0.513 e. The Morgan fingerprint density at radius 1 is 1.03 bits per heavy atom. The molecule has 2 amide bonds. The van der Waals surface area contributed by atoms with Crippen LogP contribution < -0.4 is 10.1 Å². The number of hydrogen-bond acceptors (Lipinski definition) is 5. The fourth-order valence-electron chi connectivity index (χ4n) is 3.54. The van der Waals surface area contributed by atoms with Crippen molar-refractivity contribution in [1.82, 2.24) is 10.2 Å². The Morgan fingerprint density at radius 3 is 2.31 bits per heavy atom. The predicted molar refractivity (Wildman–Crippen MR) is 116 cm³/mol. The smallest absolute Gasteiger partial charge is 0.434 e. The quantitative estimate of drug-likeness (QED) is 0.523. The zero-order valence-corrected chi connectivity index (χ0v) is 18.0. The first-order chi connectivity index (χ1) is 15.4. The minimum absolute atomic E-state index is 0.0773. The number of hydrogen-bond donors (Lipinski definition) is 1.